The lowest BCUT2D eigenvalue weighted by molar-refractivity contribution is -0.125. The number of anilines is 1. The highest BCUT2D eigenvalue weighted by Crippen LogP contribution is 2.31. The number of imidazole rings is 1. The van der Waals surface area contributed by atoms with E-state index in [2.05, 4.69) is 31.0 Å². The van der Waals surface area contributed by atoms with Crippen molar-refractivity contribution in [3.63, 3.8) is 0 Å². The lowest BCUT2D eigenvalue weighted by atomic mass is 9.97. The molecular formula is C31H36F4N6O6. The average Bonchev–Trinajstić information content (AvgIpc) is 3.44. The molecule has 16 heteroatoms. The van der Waals surface area contributed by atoms with Crippen LogP contribution in [0, 0.1) is 17.6 Å². The number of benzene rings is 2. The molecule has 0 unspecified atom stereocenters. The van der Waals surface area contributed by atoms with Crippen LogP contribution in [0.15, 0.2) is 36.5 Å². The van der Waals surface area contributed by atoms with Gasteiger partial charge in [-0.05, 0) is 74.7 Å². The van der Waals surface area contributed by atoms with Gasteiger partial charge in [0.2, 0.25) is 11.7 Å². The van der Waals surface area contributed by atoms with Gasteiger partial charge in [-0.1, -0.05) is 6.92 Å². The number of ether oxygens (including phenoxy) is 1. The molecule has 3 amide bonds. The van der Waals surface area contributed by atoms with E-state index in [9.17, 15) is 31.9 Å². The van der Waals surface area contributed by atoms with Gasteiger partial charge in [0.15, 0.2) is 17.4 Å². The van der Waals surface area contributed by atoms with Gasteiger partial charge in [-0.3, -0.25) is 19.2 Å². The molecule has 12 nitrogen and oxygen atoms in total. The minimum Gasteiger partial charge on any atom is -0.483 e. The molecule has 0 saturated carbocycles. The van der Waals surface area contributed by atoms with Crippen LogP contribution in [-0.2, 0) is 23.1 Å². The minimum absolute atomic E-state index is 0.0267. The summed E-state index contributed by atoms with van der Waals surface area (Å²) in [4.78, 5) is 50.4. The third-order valence-electron chi connectivity index (χ3n) is 7.37. The van der Waals surface area contributed by atoms with Crippen LogP contribution in [0.5, 0.6) is 5.75 Å². The van der Waals surface area contributed by atoms with Crippen LogP contribution in [0.25, 0.3) is 11.3 Å². The number of carboxylic acid groups (broad SMARTS) is 1. The Morgan fingerprint density at radius 1 is 1.09 bits per heavy atom. The van der Waals surface area contributed by atoms with E-state index in [4.69, 9.17) is 9.90 Å². The first-order chi connectivity index (χ1) is 22.5. The first kappa shape index (κ1) is 36.5. The van der Waals surface area contributed by atoms with Gasteiger partial charge in [-0.15, -0.1) is 0 Å². The lowest BCUT2D eigenvalue weighted by Crippen LogP contribution is -2.39. The summed E-state index contributed by atoms with van der Waals surface area (Å²) in [5, 5.41) is 18.6. The van der Waals surface area contributed by atoms with Gasteiger partial charge in [-0.2, -0.15) is 13.2 Å². The number of piperidine rings is 1. The summed E-state index contributed by atoms with van der Waals surface area (Å²) in [6, 6.07) is 6.73. The number of hydrogen-bond donors (Lipinski definition) is 5. The predicted octanol–water partition coefficient (Wildman–Crippen LogP) is 3.72. The van der Waals surface area contributed by atoms with E-state index in [0.29, 0.717) is 42.7 Å². The SMILES string of the molecule is CCc1cc(NC(=O)c2ncc(-c3ccc(OC(F)F)c(F)c3F)n2C)ccc1C(=O)NCCCNC(=O)C1CCNCC1.O=CO. The third-order valence-corrected chi connectivity index (χ3v) is 7.37. The number of amides is 3. The van der Waals surface area contributed by atoms with Crippen LogP contribution in [-0.4, -0.2) is 71.6 Å². The Hall–Kier alpha value is -4.99. The molecule has 2 aromatic carbocycles. The number of hydrogen-bond acceptors (Lipinski definition) is 7. The smallest absolute Gasteiger partial charge is 0.387 e. The number of carbonyl (C=O) groups is 4. The summed E-state index contributed by atoms with van der Waals surface area (Å²) < 4.78 is 59.0. The average molecular weight is 665 g/mol. The highest BCUT2D eigenvalue weighted by molar-refractivity contribution is 6.03. The Kier molecular flexibility index (Phi) is 13.7. The molecule has 1 aromatic heterocycles. The molecule has 1 aliphatic heterocycles. The molecule has 5 N–H and O–H groups in total. The number of rotatable bonds is 12. The number of alkyl halides is 2. The second-order valence-electron chi connectivity index (χ2n) is 10.4. The molecule has 0 radical (unpaired) electrons. The number of nitrogens with zero attached hydrogens (tertiary/aromatic N) is 2. The number of carbonyl (C=O) groups excluding carboxylic acids is 3. The van der Waals surface area contributed by atoms with Crippen LogP contribution in [0.2, 0.25) is 0 Å². The van der Waals surface area contributed by atoms with E-state index < -0.39 is 29.9 Å². The predicted molar refractivity (Wildman–Crippen MR) is 163 cm³/mol. The van der Waals surface area contributed by atoms with Crippen molar-refractivity contribution in [3.8, 4) is 17.0 Å². The van der Waals surface area contributed by atoms with Gasteiger partial charge in [0.05, 0.1) is 11.9 Å². The summed E-state index contributed by atoms with van der Waals surface area (Å²) >= 11 is 0. The van der Waals surface area contributed by atoms with Crippen LogP contribution in [0.3, 0.4) is 0 Å². The highest BCUT2D eigenvalue weighted by Gasteiger charge is 2.23. The molecule has 0 aliphatic carbocycles. The van der Waals surface area contributed by atoms with Gasteiger partial charge in [0.25, 0.3) is 18.3 Å². The Balaban J connectivity index is 0.00000192. The quantitative estimate of drug-likeness (QED) is 0.111. The maximum atomic E-state index is 14.6. The fourth-order valence-electron chi connectivity index (χ4n) is 4.99. The second-order valence-corrected chi connectivity index (χ2v) is 10.4. The van der Waals surface area contributed by atoms with Gasteiger partial charge in [0.1, 0.15) is 0 Å². The maximum Gasteiger partial charge on any atom is 0.387 e. The number of aryl methyl sites for hydroxylation is 1. The van der Waals surface area contributed by atoms with Crippen LogP contribution >= 0.6 is 0 Å². The van der Waals surface area contributed by atoms with Gasteiger partial charge >= 0.3 is 6.61 Å². The minimum atomic E-state index is -3.33. The molecule has 1 saturated heterocycles. The number of nitrogens with one attached hydrogen (secondary N) is 4. The molecule has 0 atom stereocenters. The molecule has 4 rings (SSSR count). The molecule has 254 valence electrons. The summed E-state index contributed by atoms with van der Waals surface area (Å²) in [7, 11) is 1.42. The van der Waals surface area contributed by atoms with Crippen LogP contribution < -0.4 is 26.0 Å². The molecule has 3 aromatic rings. The van der Waals surface area contributed by atoms with Gasteiger partial charge in [0, 0.05) is 42.9 Å². The van der Waals surface area contributed by atoms with Crippen LogP contribution in [0.4, 0.5) is 23.2 Å². The summed E-state index contributed by atoms with van der Waals surface area (Å²) in [6.45, 7) is 0.802. The first-order valence-corrected chi connectivity index (χ1v) is 14.8. The molecule has 47 heavy (non-hydrogen) atoms. The van der Waals surface area contributed by atoms with Gasteiger partial charge < -0.3 is 35.7 Å². The first-order valence-electron chi connectivity index (χ1n) is 14.8. The van der Waals surface area contributed by atoms with Crippen LogP contribution in [0.1, 0.15) is 52.7 Å². The molecule has 1 fully saturated rings. The summed E-state index contributed by atoms with van der Waals surface area (Å²) in [5.74, 6) is -4.95. The fourth-order valence-corrected chi connectivity index (χ4v) is 4.99. The van der Waals surface area contributed by atoms with Crippen molar-refractivity contribution >= 4 is 29.9 Å². The molecule has 2 heterocycles. The highest BCUT2D eigenvalue weighted by atomic mass is 19.3. The van der Waals surface area contributed by atoms with E-state index in [-0.39, 0.29) is 41.3 Å². The third kappa shape index (κ3) is 9.75. The summed E-state index contributed by atoms with van der Waals surface area (Å²) in [5.41, 5.74) is 1.25. The number of aromatic nitrogens is 2. The Labute approximate surface area is 267 Å². The topological polar surface area (TPSA) is 164 Å². The normalized spacial score (nSPS) is 12.9. The molecule has 1 aliphatic rings. The summed E-state index contributed by atoms with van der Waals surface area (Å²) in [6.07, 6.45) is 3.88. The Morgan fingerprint density at radius 3 is 2.43 bits per heavy atom. The van der Waals surface area contributed by atoms with Crippen molar-refractivity contribution in [2.75, 3.05) is 31.5 Å². The van der Waals surface area contributed by atoms with Gasteiger partial charge in [-0.25, -0.2) is 9.37 Å². The van der Waals surface area contributed by atoms with Crippen molar-refractivity contribution in [2.45, 2.75) is 39.2 Å². The second kappa shape index (κ2) is 17.6. The van der Waals surface area contributed by atoms with Crippen molar-refractivity contribution in [1.82, 2.24) is 25.5 Å². The zero-order valence-corrected chi connectivity index (χ0v) is 25.7. The van der Waals surface area contributed by atoms with E-state index in [0.717, 1.165) is 44.3 Å². The van der Waals surface area contributed by atoms with E-state index in [1.807, 2.05) is 6.92 Å². The van der Waals surface area contributed by atoms with Crippen molar-refractivity contribution in [2.24, 2.45) is 13.0 Å². The maximum absolute atomic E-state index is 14.6. The van der Waals surface area contributed by atoms with Crippen molar-refractivity contribution < 1.29 is 46.6 Å². The monoisotopic (exact) mass is 664 g/mol. The fraction of sp³-hybridized carbons (Fsp3) is 0.387. The van der Waals surface area contributed by atoms with E-state index in [1.165, 1.54) is 11.6 Å². The standard InChI is InChI=1S/C30H34F4N6O4.CH2O2/c1-3-17-15-19(5-6-20(17)28(42)37-12-4-11-36-27(41)18-9-13-35-14-10-18)39-29(43)26-38-16-22(40(26)2)21-7-8-23(44-30(33)34)25(32)24(21)31;2-1-3/h5-8,15-16,18,30,35H,3-4,9-14H2,1-2H3,(H,36,41)(H,37,42)(H,39,43);1H,(H,2,3). The van der Waals surface area contributed by atoms with E-state index >= 15 is 0 Å². The zero-order valence-electron chi connectivity index (χ0n) is 25.7. The molecule has 0 spiro atoms. The molecule has 0 bridgehead atoms. The Bertz CT molecular complexity index is 1560. The van der Waals surface area contributed by atoms with Crippen molar-refractivity contribution in [1.29, 1.82) is 0 Å². The lowest BCUT2D eigenvalue weighted by Gasteiger charge is -2.21. The largest absolute Gasteiger partial charge is 0.483 e. The zero-order chi connectivity index (χ0) is 34.5. The van der Waals surface area contributed by atoms with E-state index in [1.54, 1.807) is 18.2 Å². The Morgan fingerprint density at radius 2 is 1.77 bits per heavy atom. The van der Waals surface area contributed by atoms with Crippen molar-refractivity contribution in [3.05, 3.63) is 65.1 Å². The molecular weight excluding hydrogens is 628 g/mol. The number of halogens is 4.